The first-order chi connectivity index (χ1) is 13.7. The number of allylic oxidation sites excluding steroid dienone is 1. The third-order valence-corrected chi connectivity index (χ3v) is 6.94. The molecule has 0 aromatic heterocycles. The molecule has 0 saturated heterocycles. The zero-order valence-corrected chi connectivity index (χ0v) is 17.6. The molecule has 1 amide bonds. The van der Waals surface area contributed by atoms with Crippen molar-refractivity contribution in [2.75, 3.05) is 25.4 Å². The average Bonchev–Trinajstić information content (AvgIpc) is 3.25. The third kappa shape index (κ3) is 6.71. The van der Waals surface area contributed by atoms with Gasteiger partial charge in [-0.2, -0.15) is 0 Å². The molecule has 1 aliphatic carbocycles. The lowest BCUT2D eigenvalue weighted by atomic mass is 9.97. The lowest BCUT2D eigenvalue weighted by molar-refractivity contribution is -0.124. The van der Waals surface area contributed by atoms with Crippen molar-refractivity contribution in [2.24, 2.45) is 4.99 Å². The highest BCUT2D eigenvalue weighted by atomic mass is 32.2. The Morgan fingerprint density at radius 2 is 2.14 bits per heavy atom. The van der Waals surface area contributed by atoms with Crippen molar-refractivity contribution in [1.29, 1.82) is 0 Å². The van der Waals surface area contributed by atoms with Gasteiger partial charge in [-0.05, 0) is 43.7 Å². The summed E-state index contributed by atoms with van der Waals surface area (Å²) < 4.78 is 6.30. The van der Waals surface area contributed by atoms with Crippen molar-refractivity contribution in [3.05, 3.63) is 47.0 Å². The minimum atomic E-state index is -0.456. The number of aliphatic imine (C=N–C) groups is 1. The first kappa shape index (κ1) is 21.0. The predicted molar refractivity (Wildman–Crippen MR) is 117 cm³/mol. The zero-order chi connectivity index (χ0) is 19.6. The fraction of sp³-hybridized carbons (Fsp3) is 0.476. The molecule has 0 spiro atoms. The van der Waals surface area contributed by atoms with Crippen LogP contribution in [0.3, 0.4) is 0 Å². The highest BCUT2D eigenvalue weighted by Gasteiger charge is 2.16. The van der Waals surface area contributed by atoms with Gasteiger partial charge in [-0.15, -0.1) is 0 Å². The molecule has 1 aliphatic heterocycles. The summed E-state index contributed by atoms with van der Waals surface area (Å²) in [6.07, 6.45) is 7.93. The van der Waals surface area contributed by atoms with E-state index in [1.54, 1.807) is 29.6 Å². The highest BCUT2D eigenvalue weighted by molar-refractivity contribution is 8.38. The number of rotatable bonds is 8. The second-order valence-electron chi connectivity index (χ2n) is 6.73. The van der Waals surface area contributed by atoms with Crippen molar-refractivity contribution in [3.8, 4) is 0 Å². The third-order valence-electron chi connectivity index (χ3n) is 4.63. The van der Waals surface area contributed by atoms with Gasteiger partial charge in [-0.1, -0.05) is 53.4 Å². The monoisotopic (exact) mass is 418 g/mol. The van der Waals surface area contributed by atoms with E-state index in [2.05, 4.69) is 16.4 Å². The standard InChI is InChI=1S/C21H26N2O3S2/c24-19(22-11-10-16-6-2-1-3-7-16)14-26-20(25)18-9-5-4-8-17(18)15-28-21-23-12-13-27-21/h4-6,8-9H,1-3,7,10-15H2,(H,22,24). The van der Waals surface area contributed by atoms with Crippen LogP contribution in [0.2, 0.25) is 0 Å². The van der Waals surface area contributed by atoms with Crippen LogP contribution in [0.5, 0.6) is 0 Å². The number of hydrogen-bond donors (Lipinski definition) is 1. The molecule has 1 heterocycles. The molecule has 150 valence electrons. The van der Waals surface area contributed by atoms with Crippen LogP contribution in [0.25, 0.3) is 0 Å². The molecule has 28 heavy (non-hydrogen) atoms. The molecule has 0 radical (unpaired) electrons. The van der Waals surface area contributed by atoms with Crippen LogP contribution < -0.4 is 5.32 Å². The zero-order valence-electron chi connectivity index (χ0n) is 15.9. The van der Waals surface area contributed by atoms with E-state index >= 15 is 0 Å². The van der Waals surface area contributed by atoms with Gasteiger partial charge in [-0.3, -0.25) is 9.79 Å². The van der Waals surface area contributed by atoms with E-state index in [1.165, 1.54) is 18.4 Å². The molecular weight excluding hydrogens is 392 g/mol. The van der Waals surface area contributed by atoms with E-state index in [4.69, 9.17) is 4.74 Å². The second-order valence-corrected chi connectivity index (χ2v) is 9.03. The van der Waals surface area contributed by atoms with Crippen molar-refractivity contribution in [2.45, 2.75) is 37.9 Å². The summed E-state index contributed by atoms with van der Waals surface area (Å²) in [5.41, 5.74) is 2.83. The molecule has 2 aliphatic rings. The van der Waals surface area contributed by atoms with E-state index in [0.717, 1.165) is 41.5 Å². The largest absolute Gasteiger partial charge is 0.452 e. The molecule has 7 heteroatoms. The summed E-state index contributed by atoms with van der Waals surface area (Å²) in [7, 11) is 0. The van der Waals surface area contributed by atoms with Crippen LogP contribution >= 0.6 is 23.5 Å². The molecule has 0 unspecified atom stereocenters. The van der Waals surface area contributed by atoms with Gasteiger partial charge in [0.25, 0.3) is 5.91 Å². The van der Waals surface area contributed by atoms with Gasteiger partial charge in [-0.25, -0.2) is 4.79 Å². The molecule has 0 fully saturated rings. The fourth-order valence-electron chi connectivity index (χ4n) is 3.14. The number of carbonyl (C=O) groups is 2. The number of esters is 1. The summed E-state index contributed by atoms with van der Waals surface area (Å²) in [6, 6.07) is 7.38. The fourth-order valence-corrected chi connectivity index (χ4v) is 5.15. The molecule has 0 atom stereocenters. The Morgan fingerprint density at radius 1 is 1.25 bits per heavy atom. The van der Waals surface area contributed by atoms with E-state index in [1.807, 2.05) is 18.2 Å². The first-order valence-corrected chi connectivity index (χ1v) is 11.7. The Kier molecular flexibility index (Phi) is 8.48. The number of benzene rings is 1. The summed E-state index contributed by atoms with van der Waals surface area (Å²) in [4.78, 5) is 28.8. The SMILES string of the molecule is O=C(COC(=O)c1ccccc1CSC1=NCCS1)NCCC1=CCCCC1. The van der Waals surface area contributed by atoms with Gasteiger partial charge in [0.15, 0.2) is 6.61 Å². The van der Waals surface area contributed by atoms with Crippen LogP contribution in [0.4, 0.5) is 0 Å². The molecule has 1 aromatic rings. The lowest BCUT2D eigenvalue weighted by Gasteiger charge is -2.13. The van der Waals surface area contributed by atoms with Gasteiger partial charge in [0.2, 0.25) is 0 Å². The summed E-state index contributed by atoms with van der Waals surface area (Å²) in [6.45, 7) is 1.21. The number of carbonyl (C=O) groups excluding carboxylic acids is 2. The molecular formula is C21H26N2O3S2. The Labute approximate surface area is 174 Å². The van der Waals surface area contributed by atoms with Gasteiger partial charge in [0.05, 0.1) is 12.1 Å². The lowest BCUT2D eigenvalue weighted by Crippen LogP contribution is -2.30. The van der Waals surface area contributed by atoms with E-state index in [0.29, 0.717) is 17.9 Å². The number of amides is 1. The van der Waals surface area contributed by atoms with Gasteiger partial charge in [0, 0.05) is 18.1 Å². The van der Waals surface area contributed by atoms with Gasteiger partial charge >= 0.3 is 5.97 Å². The van der Waals surface area contributed by atoms with Crippen molar-refractivity contribution in [1.82, 2.24) is 5.32 Å². The van der Waals surface area contributed by atoms with Crippen LogP contribution in [0, 0.1) is 0 Å². The quantitative estimate of drug-likeness (QED) is 0.507. The minimum Gasteiger partial charge on any atom is -0.452 e. The topological polar surface area (TPSA) is 67.8 Å². The maximum absolute atomic E-state index is 12.4. The number of nitrogens with zero attached hydrogens (tertiary/aromatic N) is 1. The molecule has 5 nitrogen and oxygen atoms in total. The van der Waals surface area contributed by atoms with Crippen molar-refractivity contribution >= 4 is 39.8 Å². The molecule has 1 aromatic carbocycles. The van der Waals surface area contributed by atoms with Gasteiger partial charge in [0.1, 0.15) is 4.38 Å². The van der Waals surface area contributed by atoms with E-state index < -0.39 is 5.97 Å². The Bertz CT molecular complexity index is 762. The second kappa shape index (κ2) is 11.3. The molecule has 3 rings (SSSR count). The normalized spacial score (nSPS) is 16.3. The van der Waals surface area contributed by atoms with Crippen LogP contribution in [-0.4, -0.2) is 41.7 Å². The Balaban J connectivity index is 1.42. The number of thioether (sulfide) groups is 2. The van der Waals surface area contributed by atoms with Crippen LogP contribution in [0.15, 0.2) is 40.9 Å². The summed E-state index contributed by atoms with van der Waals surface area (Å²) in [5.74, 6) is 0.979. The van der Waals surface area contributed by atoms with Gasteiger partial charge < -0.3 is 10.1 Å². The maximum Gasteiger partial charge on any atom is 0.338 e. The number of ether oxygens (including phenoxy) is 1. The average molecular weight is 419 g/mol. The van der Waals surface area contributed by atoms with Crippen molar-refractivity contribution < 1.29 is 14.3 Å². The summed E-state index contributed by atoms with van der Waals surface area (Å²) in [5, 5.41) is 2.83. The predicted octanol–water partition coefficient (Wildman–Crippen LogP) is 4.19. The first-order valence-electron chi connectivity index (χ1n) is 9.72. The minimum absolute atomic E-state index is 0.248. The molecule has 1 N–H and O–H groups in total. The molecule has 0 saturated carbocycles. The number of nitrogens with one attached hydrogen (secondary N) is 1. The number of hydrogen-bond acceptors (Lipinski definition) is 6. The molecule has 0 bridgehead atoms. The smallest absolute Gasteiger partial charge is 0.338 e. The Hall–Kier alpha value is -1.73. The highest BCUT2D eigenvalue weighted by Crippen LogP contribution is 2.26. The summed E-state index contributed by atoms with van der Waals surface area (Å²) >= 11 is 3.39. The van der Waals surface area contributed by atoms with Crippen molar-refractivity contribution in [3.63, 3.8) is 0 Å². The van der Waals surface area contributed by atoms with Crippen LogP contribution in [-0.2, 0) is 15.3 Å². The van der Waals surface area contributed by atoms with E-state index in [9.17, 15) is 9.59 Å². The van der Waals surface area contributed by atoms with Crippen LogP contribution in [0.1, 0.15) is 48.0 Å². The van der Waals surface area contributed by atoms with E-state index in [-0.39, 0.29) is 12.5 Å². The maximum atomic E-state index is 12.4. The Morgan fingerprint density at radius 3 is 2.93 bits per heavy atom.